The zero-order valence-corrected chi connectivity index (χ0v) is 21.6. The molecule has 0 aliphatic heterocycles. The third-order valence-corrected chi connectivity index (χ3v) is 6.14. The molecule has 0 radical (unpaired) electrons. The van der Waals surface area contributed by atoms with E-state index in [0.29, 0.717) is 29.5 Å². The van der Waals surface area contributed by atoms with Gasteiger partial charge < -0.3 is 9.88 Å². The fourth-order valence-electron chi connectivity index (χ4n) is 4.50. The number of fused-ring (bicyclic) bond motifs is 2. The number of hydrogen-bond acceptors (Lipinski definition) is 7. The van der Waals surface area contributed by atoms with E-state index in [9.17, 15) is 4.79 Å². The predicted molar refractivity (Wildman–Crippen MR) is 145 cm³/mol. The van der Waals surface area contributed by atoms with Crippen molar-refractivity contribution in [2.75, 3.05) is 24.0 Å². The standard InChI is InChI=1S/C24H24N8O.C2H6S/c1-2-11-30(23-20-22(26-14-25-20)27-15-28-23)13-19-29-31-12-10-18(16-8-9-16)21(31)24(33)32(19)17-6-4-3-5-7-17;1-3-2/h3-7,10,12,14-16H,2,8-9,11,13H2,1H3,(H,25,26,27,28);1-2H3. The zero-order valence-electron chi connectivity index (χ0n) is 20.8. The van der Waals surface area contributed by atoms with Gasteiger partial charge in [-0.1, -0.05) is 25.1 Å². The highest BCUT2D eigenvalue weighted by Crippen LogP contribution is 2.41. The van der Waals surface area contributed by atoms with Gasteiger partial charge >= 0.3 is 0 Å². The van der Waals surface area contributed by atoms with Crippen LogP contribution >= 0.6 is 11.8 Å². The molecule has 36 heavy (non-hydrogen) atoms. The molecule has 0 saturated heterocycles. The van der Waals surface area contributed by atoms with Crippen LogP contribution in [0.15, 0.2) is 60.0 Å². The number of benzene rings is 1. The number of aromatic amines is 1. The minimum absolute atomic E-state index is 0.0380. The molecule has 1 aromatic carbocycles. The lowest BCUT2D eigenvalue weighted by molar-refractivity contribution is 0.667. The molecule has 0 unspecified atom stereocenters. The average molecular weight is 503 g/mol. The van der Waals surface area contributed by atoms with Crippen LogP contribution in [0.1, 0.15) is 43.5 Å². The van der Waals surface area contributed by atoms with Crippen LogP contribution in [0.2, 0.25) is 0 Å². The topological polar surface area (TPSA) is 97.0 Å². The van der Waals surface area contributed by atoms with E-state index in [2.05, 4.69) is 31.8 Å². The summed E-state index contributed by atoms with van der Waals surface area (Å²) in [5, 5.41) is 4.93. The summed E-state index contributed by atoms with van der Waals surface area (Å²) in [5.74, 6) is 1.86. The summed E-state index contributed by atoms with van der Waals surface area (Å²) in [6.45, 7) is 3.27. The van der Waals surface area contributed by atoms with Crippen molar-refractivity contribution in [3.63, 3.8) is 0 Å². The Morgan fingerprint density at radius 2 is 1.89 bits per heavy atom. The fraction of sp³-hybridized carbons (Fsp3) is 0.346. The van der Waals surface area contributed by atoms with Crippen molar-refractivity contribution >= 4 is 34.3 Å². The molecular formula is C26H30N8OS. The monoisotopic (exact) mass is 502 g/mol. The van der Waals surface area contributed by atoms with Crippen molar-refractivity contribution in [3.05, 3.63) is 77.0 Å². The molecule has 5 aromatic rings. The molecule has 1 saturated carbocycles. The zero-order chi connectivity index (χ0) is 25.1. The van der Waals surface area contributed by atoms with E-state index < -0.39 is 0 Å². The Labute approximate surface area is 213 Å². The molecule has 4 heterocycles. The van der Waals surface area contributed by atoms with E-state index in [-0.39, 0.29) is 5.56 Å². The molecule has 1 N–H and O–H groups in total. The van der Waals surface area contributed by atoms with Gasteiger partial charge in [-0.05, 0) is 61.5 Å². The normalized spacial score (nSPS) is 13.1. The maximum absolute atomic E-state index is 13.9. The van der Waals surface area contributed by atoms with Crippen LogP contribution in [0.5, 0.6) is 0 Å². The van der Waals surface area contributed by atoms with Gasteiger partial charge in [0, 0.05) is 12.7 Å². The number of anilines is 1. The summed E-state index contributed by atoms with van der Waals surface area (Å²) in [5.41, 5.74) is 3.93. The van der Waals surface area contributed by atoms with E-state index in [1.54, 1.807) is 27.2 Å². The molecule has 1 fully saturated rings. The first kappa shape index (κ1) is 24.1. The molecule has 1 aliphatic carbocycles. The number of hydrogen-bond donors (Lipinski definition) is 1. The number of para-hydroxylation sites is 1. The number of imidazole rings is 1. The number of nitrogens with zero attached hydrogens (tertiary/aromatic N) is 7. The largest absolute Gasteiger partial charge is 0.347 e. The van der Waals surface area contributed by atoms with Gasteiger partial charge in [-0.3, -0.25) is 9.36 Å². The third-order valence-electron chi connectivity index (χ3n) is 6.14. The smallest absolute Gasteiger partial charge is 0.282 e. The van der Waals surface area contributed by atoms with Crippen LogP contribution in [-0.2, 0) is 6.54 Å². The number of aromatic nitrogens is 7. The van der Waals surface area contributed by atoms with Crippen LogP contribution in [0.3, 0.4) is 0 Å². The Hall–Kier alpha value is -3.66. The lowest BCUT2D eigenvalue weighted by Crippen LogP contribution is -2.33. The maximum Gasteiger partial charge on any atom is 0.282 e. The van der Waals surface area contributed by atoms with E-state index >= 15 is 0 Å². The van der Waals surface area contributed by atoms with Gasteiger partial charge in [-0.25, -0.2) is 19.5 Å². The fourth-order valence-corrected chi connectivity index (χ4v) is 4.50. The van der Waals surface area contributed by atoms with Gasteiger partial charge in [-0.2, -0.15) is 16.9 Å². The van der Waals surface area contributed by atoms with Crippen molar-refractivity contribution in [3.8, 4) is 5.69 Å². The van der Waals surface area contributed by atoms with Crippen LogP contribution in [0.4, 0.5) is 5.82 Å². The summed E-state index contributed by atoms with van der Waals surface area (Å²) < 4.78 is 3.50. The highest BCUT2D eigenvalue weighted by atomic mass is 32.2. The summed E-state index contributed by atoms with van der Waals surface area (Å²) in [7, 11) is 0. The lowest BCUT2D eigenvalue weighted by atomic mass is 10.2. The van der Waals surface area contributed by atoms with Crippen molar-refractivity contribution in [1.29, 1.82) is 0 Å². The van der Waals surface area contributed by atoms with E-state index in [1.165, 1.54) is 6.33 Å². The van der Waals surface area contributed by atoms with Crippen LogP contribution < -0.4 is 10.5 Å². The van der Waals surface area contributed by atoms with Crippen LogP contribution in [0, 0.1) is 0 Å². The second-order valence-electron chi connectivity index (χ2n) is 8.86. The molecule has 0 spiro atoms. The number of H-pyrrole nitrogens is 1. The second kappa shape index (κ2) is 10.5. The highest BCUT2D eigenvalue weighted by molar-refractivity contribution is 7.97. The van der Waals surface area contributed by atoms with Gasteiger partial charge in [0.05, 0.1) is 18.6 Å². The molecule has 4 aromatic heterocycles. The second-order valence-corrected chi connectivity index (χ2v) is 9.68. The Morgan fingerprint density at radius 3 is 2.61 bits per heavy atom. The quantitative estimate of drug-likeness (QED) is 0.352. The van der Waals surface area contributed by atoms with Crippen molar-refractivity contribution < 1.29 is 0 Å². The van der Waals surface area contributed by atoms with Gasteiger partial charge in [0.15, 0.2) is 17.3 Å². The van der Waals surface area contributed by atoms with E-state index in [1.807, 2.05) is 55.1 Å². The van der Waals surface area contributed by atoms with Crippen molar-refractivity contribution in [1.82, 2.24) is 34.1 Å². The molecular weight excluding hydrogens is 472 g/mol. The Kier molecular flexibility index (Phi) is 7.04. The first-order valence-corrected chi connectivity index (χ1v) is 13.8. The summed E-state index contributed by atoms with van der Waals surface area (Å²) >= 11 is 1.75. The number of thioether (sulfide) groups is 1. The summed E-state index contributed by atoms with van der Waals surface area (Å²) in [4.78, 5) is 32.2. The number of nitrogens with one attached hydrogen (secondary N) is 1. The maximum atomic E-state index is 13.9. The summed E-state index contributed by atoms with van der Waals surface area (Å²) in [6.07, 6.45) is 12.3. The first-order chi connectivity index (χ1) is 17.7. The first-order valence-electron chi connectivity index (χ1n) is 12.1. The van der Waals surface area contributed by atoms with Crippen molar-refractivity contribution in [2.45, 2.75) is 38.6 Å². The molecule has 186 valence electrons. The average Bonchev–Trinajstić information content (AvgIpc) is 3.45. The third kappa shape index (κ3) is 4.60. The molecule has 0 bridgehead atoms. The Bertz CT molecular complexity index is 1520. The van der Waals surface area contributed by atoms with Gasteiger partial charge in [0.1, 0.15) is 17.4 Å². The molecule has 0 atom stereocenters. The van der Waals surface area contributed by atoms with Gasteiger partial charge in [0.2, 0.25) is 0 Å². The van der Waals surface area contributed by atoms with E-state index in [4.69, 9.17) is 5.10 Å². The minimum atomic E-state index is -0.0380. The molecule has 10 heteroatoms. The van der Waals surface area contributed by atoms with Gasteiger partial charge in [0.25, 0.3) is 5.56 Å². The minimum Gasteiger partial charge on any atom is -0.347 e. The summed E-state index contributed by atoms with van der Waals surface area (Å²) in [6, 6.07) is 11.8. The van der Waals surface area contributed by atoms with E-state index in [0.717, 1.165) is 48.4 Å². The Balaban J connectivity index is 0.000000848. The molecule has 6 rings (SSSR count). The van der Waals surface area contributed by atoms with Gasteiger partial charge in [-0.15, -0.1) is 0 Å². The molecule has 9 nitrogen and oxygen atoms in total. The predicted octanol–water partition coefficient (Wildman–Crippen LogP) is 4.42. The number of rotatable bonds is 7. The molecule has 0 amide bonds. The molecule has 1 aliphatic rings. The van der Waals surface area contributed by atoms with Crippen LogP contribution in [-0.4, -0.2) is 53.2 Å². The highest BCUT2D eigenvalue weighted by Gasteiger charge is 2.29. The Morgan fingerprint density at radius 1 is 1.11 bits per heavy atom. The lowest BCUT2D eigenvalue weighted by Gasteiger charge is -2.24. The van der Waals surface area contributed by atoms with Crippen LogP contribution in [0.25, 0.3) is 22.4 Å². The SMILES string of the molecule is CCCN(Cc1nn2ccc(C3CC3)c2c(=O)n1-c1ccccc1)c1ncnc2nc[nH]c12.CSC. The van der Waals surface area contributed by atoms with Crippen molar-refractivity contribution in [2.24, 2.45) is 0 Å².